The summed E-state index contributed by atoms with van der Waals surface area (Å²) in [5.41, 5.74) is 1.61. The molecule has 0 bridgehead atoms. The SMILES string of the molecule is Cc1nccc([C@H]2CCCN(C(=O)c3ccnnc3)C2)n1. The highest BCUT2D eigenvalue weighted by molar-refractivity contribution is 5.93. The van der Waals surface area contributed by atoms with Crippen molar-refractivity contribution < 1.29 is 4.79 Å². The molecule has 1 atom stereocenters. The molecule has 0 unspecified atom stereocenters. The van der Waals surface area contributed by atoms with Crippen molar-refractivity contribution in [2.45, 2.75) is 25.7 Å². The van der Waals surface area contributed by atoms with E-state index in [1.54, 1.807) is 18.5 Å². The van der Waals surface area contributed by atoms with Crippen LogP contribution in [0.2, 0.25) is 0 Å². The molecule has 0 saturated carbocycles. The molecule has 6 nitrogen and oxygen atoms in total. The zero-order valence-corrected chi connectivity index (χ0v) is 11.9. The third-order valence-corrected chi connectivity index (χ3v) is 3.76. The van der Waals surface area contributed by atoms with Gasteiger partial charge in [-0.3, -0.25) is 4.79 Å². The molecule has 0 aromatic carbocycles. The summed E-state index contributed by atoms with van der Waals surface area (Å²) in [7, 11) is 0. The van der Waals surface area contributed by atoms with Crippen LogP contribution in [0.5, 0.6) is 0 Å². The van der Waals surface area contributed by atoms with Gasteiger partial charge < -0.3 is 4.90 Å². The van der Waals surface area contributed by atoms with Gasteiger partial charge in [0.2, 0.25) is 0 Å². The first-order chi connectivity index (χ1) is 10.2. The van der Waals surface area contributed by atoms with E-state index in [0.29, 0.717) is 12.1 Å². The Morgan fingerprint density at radius 2 is 2.19 bits per heavy atom. The second kappa shape index (κ2) is 5.95. The van der Waals surface area contributed by atoms with Crippen LogP contribution in [0.25, 0.3) is 0 Å². The summed E-state index contributed by atoms with van der Waals surface area (Å²) in [6.45, 7) is 3.36. The lowest BCUT2D eigenvalue weighted by Gasteiger charge is -2.32. The van der Waals surface area contributed by atoms with Gasteiger partial charge in [-0.2, -0.15) is 10.2 Å². The minimum Gasteiger partial charge on any atom is -0.338 e. The Hall–Kier alpha value is -2.37. The number of carbonyl (C=O) groups excluding carboxylic acids is 1. The van der Waals surface area contributed by atoms with E-state index >= 15 is 0 Å². The second-order valence-corrected chi connectivity index (χ2v) is 5.25. The fourth-order valence-electron chi connectivity index (χ4n) is 2.70. The summed E-state index contributed by atoms with van der Waals surface area (Å²) in [6, 6.07) is 3.65. The third-order valence-electron chi connectivity index (χ3n) is 3.76. The van der Waals surface area contributed by atoms with Crippen molar-refractivity contribution in [3.8, 4) is 0 Å². The first-order valence-electron chi connectivity index (χ1n) is 7.09. The number of hydrogen-bond acceptors (Lipinski definition) is 5. The Kier molecular flexibility index (Phi) is 3.85. The number of piperidine rings is 1. The third kappa shape index (κ3) is 3.04. The van der Waals surface area contributed by atoms with Crippen LogP contribution in [0.4, 0.5) is 0 Å². The van der Waals surface area contributed by atoms with Crippen LogP contribution in [-0.4, -0.2) is 44.1 Å². The van der Waals surface area contributed by atoms with Crippen molar-refractivity contribution in [1.29, 1.82) is 0 Å². The summed E-state index contributed by atoms with van der Waals surface area (Å²) >= 11 is 0. The van der Waals surface area contributed by atoms with Gasteiger partial charge in [-0.05, 0) is 31.9 Å². The average molecular weight is 283 g/mol. The standard InChI is InChI=1S/C15H17N5O/c1-11-16-6-5-14(19-11)13-3-2-8-20(10-13)15(21)12-4-7-17-18-9-12/h4-7,9,13H,2-3,8,10H2,1H3/t13-/m0/s1. The van der Waals surface area contributed by atoms with Gasteiger partial charge in [0.1, 0.15) is 5.82 Å². The topological polar surface area (TPSA) is 71.9 Å². The van der Waals surface area contributed by atoms with Crippen LogP contribution in [0.15, 0.2) is 30.7 Å². The van der Waals surface area contributed by atoms with Crippen LogP contribution < -0.4 is 0 Å². The summed E-state index contributed by atoms with van der Waals surface area (Å²) in [6.07, 6.45) is 6.88. The van der Waals surface area contributed by atoms with Crippen LogP contribution >= 0.6 is 0 Å². The van der Waals surface area contributed by atoms with E-state index < -0.39 is 0 Å². The number of nitrogens with zero attached hydrogens (tertiary/aromatic N) is 5. The lowest BCUT2D eigenvalue weighted by atomic mass is 9.94. The molecule has 2 aromatic rings. The molecule has 1 aliphatic heterocycles. The first kappa shape index (κ1) is 13.6. The molecule has 21 heavy (non-hydrogen) atoms. The van der Waals surface area contributed by atoms with Crippen molar-refractivity contribution >= 4 is 5.91 Å². The summed E-state index contributed by atoms with van der Waals surface area (Å²) in [4.78, 5) is 23.0. The zero-order chi connectivity index (χ0) is 14.7. The molecule has 6 heteroatoms. The zero-order valence-electron chi connectivity index (χ0n) is 11.9. The van der Waals surface area contributed by atoms with E-state index in [9.17, 15) is 4.79 Å². The molecular weight excluding hydrogens is 266 g/mol. The highest BCUT2D eigenvalue weighted by Gasteiger charge is 2.26. The van der Waals surface area contributed by atoms with Crippen molar-refractivity contribution in [2.24, 2.45) is 0 Å². The minimum absolute atomic E-state index is 0.0142. The number of amides is 1. The maximum Gasteiger partial charge on any atom is 0.255 e. The van der Waals surface area contributed by atoms with Gasteiger partial charge in [0, 0.05) is 30.9 Å². The highest BCUT2D eigenvalue weighted by Crippen LogP contribution is 2.26. The number of aryl methyl sites for hydroxylation is 1. The van der Waals surface area contributed by atoms with E-state index in [-0.39, 0.29) is 11.8 Å². The first-order valence-corrected chi connectivity index (χ1v) is 7.09. The number of carbonyl (C=O) groups is 1. The number of rotatable bonds is 2. The molecule has 1 aliphatic rings. The van der Waals surface area contributed by atoms with Gasteiger partial charge in [0.25, 0.3) is 5.91 Å². The van der Waals surface area contributed by atoms with Gasteiger partial charge in [-0.15, -0.1) is 0 Å². The minimum atomic E-state index is 0.0142. The van der Waals surface area contributed by atoms with Crippen LogP contribution in [-0.2, 0) is 0 Å². The predicted octanol–water partition coefficient (Wildman–Crippen LogP) is 1.59. The van der Waals surface area contributed by atoms with E-state index in [0.717, 1.165) is 30.9 Å². The smallest absolute Gasteiger partial charge is 0.255 e. The number of likely N-dealkylation sites (tertiary alicyclic amines) is 1. The van der Waals surface area contributed by atoms with Crippen molar-refractivity contribution in [2.75, 3.05) is 13.1 Å². The Balaban J connectivity index is 1.75. The van der Waals surface area contributed by atoms with Crippen LogP contribution in [0.1, 0.15) is 40.6 Å². The lowest BCUT2D eigenvalue weighted by molar-refractivity contribution is 0.0705. The summed E-state index contributed by atoms with van der Waals surface area (Å²) in [5, 5.41) is 7.48. The molecule has 0 spiro atoms. The Morgan fingerprint density at radius 1 is 1.29 bits per heavy atom. The van der Waals surface area contributed by atoms with E-state index in [2.05, 4.69) is 20.2 Å². The Morgan fingerprint density at radius 3 is 2.95 bits per heavy atom. The molecule has 3 heterocycles. The lowest BCUT2D eigenvalue weighted by Crippen LogP contribution is -2.39. The maximum absolute atomic E-state index is 12.5. The number of aromatic nitrogens is 4. The van der Waals surface area contributed by atoms with Gasteiger partial charge in [-0.1, -0.05) is 0 Å². The second-order valence-electron chi connectivity index (χ2n) is 5.25. The van der Waals surface area contributed by atoms with E-state index in [1.807, 2.05) is 17.9 Å². The van der Waals surface area contributed by atoms with Crippen molar-refractivity contribution in [3.63, 3.8) is 0 Å². The normalized spacial score (nSPS) is 18.5. The fourth-order valence-corrected chi connectivity index (χ4v) is 2.70. The predicted molar refractivity (Wildman–Crippen MR) is 76.7 cm³/mol. The Labute approximate surface area is 123 Å². The number of hydrogen-bond donors (Lipinski definition) is 0. The largest absolute Gasteiger partial charge is 0.338 e. The summed E-state index contributed by atoms with van der Waals surface area (Å²) in [5.74, 6) is 1.06. The van der Waals surface area contributed by atoms with E-state index in [4.69, 9.17) is 0 Å². The molecular formula is C15H17N5O. The molecule has 3 rings (SSSR count). The fraction of sp³-hybridized carbons (Fsp3) is 0.400. The molecule has 1 fully saturated rings. The molecule has 0 N–H and O–H groups in total. The average Bonchev–Trinajstić information content (AvgIpc) is 2.55. The monoisotopic (exact) mass is 283 g/mol. The van der Waals surface area contributed by atoms with Crippen molar-refractivity contribution in [3.05, 3.63) is 47.8 Å². The van der Waals surface area contributed by atoms with Crippen molar-refractivity contribution in [1.82, 2.24) is 25.1 Å². The van der Waals surface area contributed by atoms with Gasteiger partial charge in [0.05, 0.1) is 18.0 Å². The van der Waals surface area contributed by atoms with Gasteiger partial charge in [-0.25, -0.2) is 9.97 Å². The van der Waals surface area contributed by atoms with Gasteiger partial charge >= 0.3 is 0 Å². The quantitative estimate of drug-likeness (QED) is 0.837. The molecule has 108 valence electrons. The molecule has 1 saturated heterocycles. The van der Waals surface area contributed by atoms with Crippen LogP contribution in [0, 0.1) is 6.92 Å². The molecule has 2 aromatic heterocycles. The maximum atomic E-state index is 12.5. The molecule has 0 radical (unpaired) electrons. The summed E-state index contributed by atoms with van der Waals surface area (Å²) < 4.78 is 0. The van der Waals surface area contributed by atoms with E-state index in [1.165, 1.54) is 6.20 Å². The van der Waals surface area contributed by atoms with Crippen LogP contribution in [0.3, 0.4) is 0 Å². The highest BCUT2D eigenvalue weighted by atomic mass is 16.2. The van der Waals surface area contributed by atoms with Gasteiger partial charge in [0.15, 0.2) is 0 Å². The Bertz CT molecular complexity index is 631. The molecule has 1 amide bonds. The molecule has 0 aliphatic carbocycles.